The second kappa shape index (κ2) is 10.8. The van der Waals surface area contributed by atoms with Gasteiger partial charge >= 0.3 is 0 Å². The molecule has 0 unspecified atom stereocenters. The molecular weight excluding hydrogens is 469 g/mol. The van der Waals surface area contributed by atoms with E-state index in [-0.39, 0.29) is 18.4 Å². The lowest BCUT2D eigenvalue weighted by atomic mass is 9.91. The molecular formula is C27H27Cl2N3O2. The second-order valence-corrected chi connectivity index (χ2v) is 9.69. The fourth-order valence-corrected chi connectivity index (χ4v) is 4.78. The molecule has 0 aromatic heterocycles. The average Bonchev–Trinajstić information content (AvgIpc) is 2.82. The number of rotatable bonds is 6. The summed E-state index contributed by atoms with van der Waals surface area (Å²) in [7, 11) is 4.07. The summed E-state index contributed by atoms with van der Waals surface area (Å²) in [5, 5.41) is 12.5. The minimum Gasteiger partial charge on any atom is -0.375 e. The molecule has 1 aliphatic rings. The van der Waals surface area contributed by atoms with Crippen LogP contribution >= 0.6 is 23.2 Å². The number of carbonyl (C=O) groups is 1. The fraction of sp³-hybridized carbons (Fsp3) is 0.333. The molecule has 3 aromatic carbocycles. The summed E-state index contributed by atoms with van der Waals surface area (Å²) in [5.41, 5.74) is 2.76. The van der Waals surface area contributed by atoms with E-state index in [0.29, 0.717) is 46.4 Å². The van der Waals surface area contributed by atoms with E-state index in [1.807, 2.05) is 67.5 Å². The van der Waals surface area contributed by atoms with Crippen LogP contribution in [-0.4, -0.2) is 56.0 Å². The molecule has 0 bridgehead atoms. The van der Waals surface area contributed by atoms with Crippen LogP contribution in [0.15, 0.2) is 48.5 Å². The van der Waals surface area contributed by atoms with E-state index in [2.05, 4.69) is 11.0 Å². The lowest BCUT2D eigenvalue weighted by Crippen LogP contribution is -2.39. The summed E-state index contributed by atoms with van der Waals surface area (Å²) in [6, 6.07) is 17.5. The van der Waals surface area contributed by atoms with E-state index in [4.69, 9.17) is 27.9 Å². The predicted octanol–water partition coefficient (Wildman–Crippen LogP) is 5.73. The van der Waals surface area contributed by atoms with Crippen molar-refractivity contribution < 1.29 is 9.53 Å². The lowest BCUT2D eigenvalue weighted by molar-refractivity contribution is 0.0545. The molecule has 0 saturated carbocycles. The maximum Gasteiger partial charge on any atom is 0.254 e. The van der Waals surface area contributed by atoms with Gasteiger partial charge in [0.25, 0.3) is 5.91 Å². The third-order valence-corrected chi connectivity index (χ3v) is 7.05. The number of halogens is 2. The largest absolute Gasteiger partial charge is 0.375 e. The number of nitriles is 1. The SMILES string of the molecule is CN(C)CC[C@H](CN1CCOCc2c(C#N)cc3ccccc3c2C1=O)c1ccc(Cl)c(Cl)c1. The average molecular weight is 496 g/mol. The highest BCUT2D eigenvalue weighted by atomic mass is 35.5. The number of ether oxygens (including phenoxy) is 1. The standard InChI is InChI=1S/C27H27Cl2N3O2/c1-31(2)10-9-20(18-7-8-24(28)25(29)14-18)16-32-11-12-34-17-23-21(15-30)13-19-5-3-4-6-22(19)26(23)27(32)33/h3-8,13-14,20H,9-12,16-17H2,1-2H3/t20-/m1/s1. The molecule has 0 saturated heterocycles. The molecule has 5 nitrogen and oxygen atoms in total. The van der Waals surface area contributed by atoms with E-state index in [0.717, 1.165) is 29.3 Å². The van der Waals surface area contributed by atoms with Gasteiger partial charge in [-0.25, -0.2) is 0 Å². The Balaban J connectivity index is 1.75. The van der Waals surface area contributed by atoms with Gasteiger partial charge in [0, 0.05) is 24.6 Å². The van der Waals surface area contributed by atoms with Crippen molar-refractivity contribution in [3.05, 3.63) is 80.8 Å². The van der Waals surface area contributed by atoms with Gasteiger partial charge in [0.05, 0.1) is 40.5 Å². The first-order valence-electron chi connectivity index (χ1n) is 11.3. The van der Waals surface area contributed by atoms with Crippen LogP contribution in [0.25, 0.3) is 10.8 Å². The first kappa shape index (κ1) is 24.5. The summed E-state index contributed by atoms with van der Waals surface area (Å²) in [5.74, 6) is -0.00378. The Hall–Kier alpha value is -2.62. The van der Waals surface area contributed by atoms with Crippen molar-refractivity contribution in [2.45, 2.75) is 18.9 Å². The highest BCUT2D eigenvalue weighted by Gasteiger charge is 2.28. The van der Waals surface area contributed by atoms with Crippen molar-refractivity contribution in [2.75, 3.05) is 40.3 Å². The van der Waals surface area contributed by atoms with Crippen molar-refractivity contribution in [3.63, 3.8) is 0 Å². The van der Waals surface area contributed by atoms with Gasteiger partial charge in [-0.3, -0.25) is 4.79 Å². The summed E-state index contributed by atoms with van der Waals surface area (Å²) < 4.78 is 5.90. The first-order valence-corrected chi connectivity index (χ1v) is 12.1. The van der Waals surface area contributed by atoms with Gasteiger partial charge < -0.3 is 14.5 Å². The summed E-state index contributed by atoms with van der Waals surface area (Å²) in [6.07, 6.45) is 0.849. The molecule has 1 heterocycles. The quantitative estimate of drug-likeness (QED) is 0.438. The molecule has 0 radical (unpaired) electrons. The van der Waals surface area contributed by atoms with Gasteiger partial charge in [0.1, 0.15) is 0 Å². The number of fused-ring (bicyclic) bond motifs is 3. The Bertz CT molecular complexity index is 1250. The molecule has 0 N–H and O–H groups in total. The molecule has 34 heavy (non-hydrogen) atoms. The molecule has 176 valence electrons. The van der Waals surface area contributed by atoms with Gasteiger partial charge in [-0.2, -0.15) is 5.26 Å². The molecule has 0 aliphatic carbocycles. The van der Waals surface area contributed by atoms with Crippen LogP contribution < -0.4 is 0 Å². The van der Waals surface area contributed by atoms with Crippen LogP contribution in [0.3, 0.4) is 0 Å². The number of hydrogen-bond acceptors (Lipinski definition) is 4. The van der Waals surface area contributed by atoms with Crippen LogP contribution in [0, 0.1) is 11.3 Å². The molecule has 0 spiro atoms. The van der Waals surface area contributed by atoms with Crippen LogP contribution in [0.4, 0.5) is 0 Å². The highest BCUT2D eigenvalue weighted by Crippen LogP contribution is 2.32. The van der Waals surface area contributed by atoms with Crippen LogP contribution in [0.2, 0.25) is 10.0 Å². The van der Waals surface area contributed by atoms with Gasteiger partial charge in [0.15, 0.2) is 0 Å². The van der Waals surface area contributed by atoms with E-state index < -0.39 is 0 Å². The summed E-state index contributed by atoms with van der Waals surface area (Å²) >= 11 is 12.5. The Morgan fingerprint density at radius 2 is 1.94 bits per heavy atom. The van der Waals surface area contributed by atoms with Crippen LogP contribution in [0.1, 0.15) is 39.4 Å². The predicted molar refractivity (Wildman–Crippen MR) is 137 cm³/mol. The number of hydrogen-bond donors (Lipinski definition) is 0. The minimum atomic E-state index is -0.0680. The summed E-state index contributed by atoms with van der Waals surface area (Å²) in [6.45, 7) is 2.51. The zero-order valence-corrected chi connectivity index (χ0v) is 20.9. The number of amides is 1. The highest BCUT2D eigenvalue weighted by molar-refractivity contribution is 6.42. The van der Waals surface area contributed by atoms with Crippen molar-refractivity contribution >= 4 is 39.9 Å². The molecule has 1 atom stereocenters. The van der Waals surface area contributed by atoms with Crippen molar-refractivity contribution in [3.8, 4) is 6.07 Å². The number of carbonyl (C=O) groups excluding carboxylic acids is 1. The Morgan fingerprint density at radius 3 is 2.68 bits per heavy atom. The van der Waals surface area contributed by atoms with Crippen molar-refractivity contribution in [1.29, 1.82) is 5.26 Å². The fourth-order valence-electron chi connectivity index (χ4n) is 4.48. The normalized spacial score (nSPS) is 15.1. The Labute approximate surface area is 210 Å². The minimum absolute atomic E-state index is 0.0643. The lowest BCUT2D eigenvalue weighted by Gasteiger charge is -2.31. The van der Waals surface area contributed by atoms with Crippen LogP contribution in [0.5, 0.6) is 0 Å². The van der Waals surface area contributed by atoms with Gasteiger partial charge in [-0.05, 0) is 61.6 Å². The summed E-state index contributed by atoms with van der Waals surface area (Å²) in [4.78, 5) is 18.0. The van der Waals surface area contributed by atoms with Crippen molar-refractivity contribution in [1.82, 2.24) is 9.80 Å². The number of benzene rings is 3. The molecule has 1 amide bonds. The van der Waals surface area contributed by atoms with E-state index in [9.17, 15) is 10.1 Å². The molecule has 4 rings (SSSR count). The first-order chi connectivity index (χ1) is 16.4. The topological polar surface area (TPSA) is 56.6 Å². The molecule has 7 heteroatoms. The molecule has 3 aromatic rings. The van der Waals surface area contributed by atoms with Crippen molar-refractivity contribution in [2.24, 2.45) is 0 Å². The van der Waals surface area contributed by atoms with E-state index >= 15 is 0 Å². The third kappa shape index (κ3) is 5.21. The Kier molecular flexibility index (Phi) is 7.75. The molecule has 0 fully saturated rings. The zero-order chi connectivity index (χ0) is 24.2. The van der Waals surface area contributed by atoms with Crippen LogP contribution in [-0.2, 0) is 11.3 Å². The van der Waals surface area contributed by atoms with E-state index in [1.165, 1.54) is 0 Å². The maximum atomic E-state index is 14.0. The van der Waals surface area contributed by atoms with Gasteiger partial charge in [-0.15, -0.1) is 0 Å². The Morgan fingerprint density at radius 1 is 1.15 bits per heavy atom. The zero-order valence-electron chi connectivity index (χ0n) is 19.4. The van der Waals surface area contributed by atoms with Gasteiger partial charge in [0.2, 0.25) is 0 Å². The van der Waals surface area contributed by atoms with Gasteiger partial charge in [-0.1, -0.05) is 53.5 Å². The number of nitrogens with zero attached hydrogens (tertiary/aromatic N) is 3. The maximum absolute atomic E-state index is 14.0. The van der Waals surface area contributed by atoms with E-state index in [1.54, 1.807) is 0 Å². The third-order valence-electron chi connectivity index (χ3n) is 6.31. The molecule has 1 aliphatic heterocycles. The monoisotopic (exact) mass is 495 g/mol. The smallest absolute Gasteiger partial charge is 0.254 e. The second-order valence-electron chi connectivity index (χ2n) is 8.88.